The summed E-state index contributed by atoms with van der Waals surface area (Å²) in [6, 6.07) is 15.9. The fourth-order valence-corrected chi connectivity index (χ4v) is 4.05. The molecule has 28 heavy (non-hydrogen) atoms. The maximum Gasteiger partial charge on any atom is 0.315 e. The summed E-state index contributed by atoms with van der Waals surface area (Å²) in [6.07, 6.45) is 5.30. The Morgan fingerprint density at radius 3 is 2.43 bits per heavy atom. The molecule has 0 aromatic heterocycles. The van der Waals surface area contributed by atoms with Gasteiger partial charge < -0.3 is 9.84 Å². The van der Waals surface area contributed by atoms with Crippen LogP contribution >= 0.6 is 0 Å². The Morgan fingerprint density at radius 1 is 0.964 bits per heavy atom. The lowest BCUT2D eigenvalue weighted by atomic mass is 9.83. The Bertz CT molecular complexity index is 1100. The first-order valence-electron chi connectivity index (χ1n) is 9.63. The SMILES string of the molecule is CCc1cccc2c(OC(=O)C3CC=CCC3C(=O)O)c3ccccc3cc12. The molecule has 142 valence electrons. The van der Waals surface area contributed by atoms with Crippen LogP contribution in [0.15, 0.2) is 60.7 Å². The predicted octanol–water partition coefficient (Wildman–Crippen LogP) is 5.13. The van der Waals surface area contributed by atoms with Crippen LogP contribution in [0.3, 0.4) is 0 Å². The van der Waals surface area contributed by atoms with E-state index in [2.05, 4.69) is 19.1 Å². The molecule has 1 N–H and O–H groups in total. The third-order valence-electron chi connectivity index (χ3n) is 5.58. The number of carbonyl (C=O) groups is 2. The van der Waals surface area contributed by atoms with Crippen LogP contribution in [0.2, 0.25) is 0 Å². The normalized spacial score (nSPS) is 19.0. The number of ether oxygens (including phenoxy) is 1. The number of carboxylic acid groups (broad SMARTS) is 1. The molecule has 0 heterocycles. The molecule has 2 atom stereocenters. The summed E-state index contributed by atoms with van der Waals surface area (Å²) in [7, 11) is 0. The number of hydrogen-bond donors (Lipinski definition) is 1. The van der Waals surface area contributed by atoms with Crippen molar-refractivity contribution in [3.63, 3.8) is 0 Å². The van der Waals surface area contributed by atoms with Crippen molar-refractivity contribution in [2.24, 2.45) is 11.8 Å². The minimum Gasteiger partial charge on any atom is -0.481 e. The van der Waals surface area contributed by atoms with Gasteiger partial charge in [0.15, 0.2) is 0 Å². The number of allylic oxidation sites excluding steroid dienone is 2. The lowest BCUT2D eigenvalue weighted by molar-refractivity contribution is -0.152. The van der Waals surface area contributed by atoms with E-state index in [9.17, 15) is 14.7 Å². The summed E-state index contributed by atoms with van der Waals surface area (Å²) in [5, 5.41) is 13.3. The number of fused-ring (bicyclic) bond motifs is 2. The van der Waals surface area contributed by atoms with Crippen LogP contribution < -0.4 is 4.74 Å². The van der Waals surface area contributed by atoms with Crippen molar-refractivity contribution in [1.82, 2.24) is 0 Å². The molecule has 1 aliphatic rings. The first-order valence-corrected chi connectivity index (χ1v) is 9.63. The first-order chi connectivity index (χ1) is 13.6. The van der Waals surface area contributed by atoms with Crippen molar-refractivity contribution in [2.45, 2.75) is 26.2 Å². The smallest absolute Gasteiger partial charge is 0.315 e. The standard InChI is InChI=1S/C24H22O4/c1-2-15-9-7-13-18-21(15)14-16-8-3-4-10-17(16)22(18)28-24(27)20-12-6-5-11-19(20)23(25)26/h3-10,13-14,19-20H,2,11-12H2,1H3,(H,25,26). The molecular weight excluding hydrogens is 352 g/mol. The maximum atomic E-state index is 13.0. The number of aliphatic carboxylic acids is 1. The highest BCUT2D eigenvalue weighted by Crippen LogP contribution is 2.38. The minimum absolute atomic E-state index is 0.353. The fraction of sp³-hybridized carbons (Fsp3) is 0.250. The van der Waals surface area contributed by atoms with E-state index in [0.717, 1.165) is 28.0 Å². The highest BCUT2D eigenvalue weighted by atomic mass is 16.5. The Hall–Kier alpha value is -3.14. The van der Waals surface area contributed by atoms with Crippen LogP contribution in [0, 0.1) is 11.8 Å². The zero-order chi connectivity index (χ0) is 19.7. The molecule has 0 bridgehead atoms. The lowest BCUT2D eigenvalue weighted by Crippen LogP contribution is -2.33. The third-order valence-corrected chi connectivity index (χ3v) is 5.58. The molecule has 0 spiro atoms. The molecule has 0 fully saturated rings. The van der Waals surface area contributed by atoms with E-state index in [1.54, 1.807) is 0 Å². The predicted molar refractivity (Wildman–Crippen MR) is 109 cm³/mol. The van der Waals surface area contributed by atoms with E-state index < -0.39 is 23.8 Å². The number of benzene rings is 3. The summed E-state index contributed by atoms with van der Waals surface area (Å²) in [5.74, 6) is -2.33. The van der Waals surface area contributed by atoms with Crippen molar-refractivity contribution in [3.8, 4) is 5.75 Å². The number of hydrogen-bond acceptors (Lipinski definition) is 3. The molecule has 2 unspecified atom stereocenters. The zero-order valence-electron chi connectivity index (χ0n) is 15.7. The summed E-state index contributed by atoms with van der Waals surface area (Å²) < 4.78 is 5.92. The summed E-state index contributed by atoms with van der Waals surface area (Å²) in [4.78, 5) is 24.6. The highest BCUT2D eigenvalue weighted by Gasteiger charge is 2.35. The van der Waals surface area contributed by atoms with Crippen LogP contribution in [-0.4, -0.2) is 17.0 Å². The van der Waals surface area contributed by atoms with Gasteiger partial charge in [-0.1, -0.05) is 61.5 Å². The van der Waals surface area contributed by atoms with Crippen molar-refractivity contribution in [2.75, 3.05) is 0 Å². The van der Waals surface area contributed by atoms with E-state index in [0.29, 0.717) is 18.6 Å². The topological polar surface area (TPSA) is 63.6 Å². The van der Waals surface area contributed by atoms with Gasteiger partial charge in [0.25, 0.3) is 0 Å². The molecule has 3 aromatic rings. The Balaban J connectivity index is 1.83. The number of rotatable bonds is 4. The van der Waals surface area contributed by atoms with Crippen LogP contribution in [0.4, 0.5) is 0 Å². The van der Waals surface area contributed by atoms with Crippen molar-refractivity contribution < 1.29 is 19.4 Å². The molecule has 4 heteroatoms. The lowest BCUT2D eigenvalue weighted by Gasteiger charge is -2.24. The molecule has 0 aliphatic heterocycles. The maximum absolute atomic E-state index is 13.0. The second-order valence-electron chi connectivity index (χ2n) is 7.21. The second kappa shape index (κ2) is 7.47. The van der Waals surface area contributed by atoms with Crippen molar-refractivity contribution in [3.05, 3.63) is 66.2 Å². The third kappa shape index (κ3) is 3.15. The van der Waals surface area contributed by atoms with Gasteiger partial charge in [-0.3, -0.25) is 9.59 Å². The number of aryl methyl sites for hydroxylation is 1. The number of carboxylic acids is 1. The van der Waals surface area contributed by atoms with Crippen molar-refractivity contribution in [1.29, 1.82) is 0 Å². The molecule has 4 nitrogen and oxygen atoms in total. The van der Waals surface area contributed by atoms with Gasteiger partial charge in [-0.25, -0.2) is 0 Å². The quantitative estimate of drug-likeness (QED) is 0.298. The molecule has 4 rings (SSSR count). The summed E-state index contributed by atoms with van der Waals surface area (Å²) >= 11 is 0. The molecule has 0 radical (unpaired) electrons. The van der Waals surface area contributed by atoms with Gasteiger partial charge in [0, 0.05) is 10.8 Å². The monoisotopic (exact) mass is 374 g/mol. The zero-order valence-corrected chi connectivity index (χ0v) is 15.7. The number of carbonyl (C=O) groups excluding carboxylic acids is 1. The average molecular weight is 374 g/mol. The Morgan fingerprint density at radius 2 is 1.68 bits per heavy atom. The Kier molecular flexibility index (Phi) is 4.86. The minimum atomic E-state index is -0.956. The largest absolute Gasteiger partial charge is 0.481 e. The number of esters is 1. The van der Waals surface area contributed by atoms with Crippen LogP contribution in [0.25, 0.3) is 21.5 Å². The van der Waals surface area contributed by atoms with Crippen molar-refractivity contribution >= 4 is 33.5 Å². The first kappa shape index (κ1) is 18.2. The summed E-state index contributed by atoms with van der Waals surface area (Å²) in [6.45, 7) is 2.10. The summed E-state index contributed by atoms with van der Waals surface area (Å²) in [5.41, 5.74) is 1.18. The molecule has 1 aliphatic carbocycles. The molecule has 0 saturated heterocycles. The fourth-order valence-electron chi connectivity index (χ4n) is 4.05. The van der Waals surface area contributed by atoms with Gasteiger partial charge in [-0.05, 0) is 41.7 Å². The van der Waals surface area contributed by atoms with Gasteiger partial charge in [-0.15, -0.1) is 0 Å². The van der Waals surface area contributed by atoms with Gasteiger partial charge in [-0.2, -0.15) is 0 Å². The van der Waals surface area contributed by atoms with Gasteiger partial charge >= 0.3 is 11.9 Å². The molecule has 0 amide bonds. The van der Waals surface area contributed by atoms with Gasteiger partial charge in [0.2, 0.25) is 0 Å². The highest BCUT2D eigenvalue weighted by molar-refractivity contribution is 6.07. The van der Waals surface area contributed by atoms with E-state index in [1.165, 1.54) is 5.56 Å². The van der Waals surface area contributed by atoms with Gasteiger partial charge in [0.05, 0.1) is 11.8 Å². The molecule has 3 aromatic carbocycles. The Labute approximate surface area is 163 Å². The van der Waals surface area contributed by atoms with Crippen LogP contribution in [0.1, 0.15) is 25.3 Å². The van der Waals surface area contributed by atoms with E-state index >= 15 is 0 Å². The second-order valence-corrected chi connectivity index (χ2v) is 7.21. The van der Waals surface area contributed by atoms with Gasteiger partial charge in [0.1, 0.15) is 5.75 Å². The van der Waals surface area contributed by atoms with Crippen LogP contribution in [-0.2, 0) is 16.0 Å². The van der Waals surface area contributed by atoms with E-state index in [4.69, 9.17) is 4.74 Å². The molecular formula is C24H22O4. The average Bonchev–Trinajstić information content (AvgIpc) is 2.73. The van der Waals surface area contributed by atoms with Crippen LogP contribution in [0.5, 0.6) is 5.75 Å². The van der Waals surface area contributed by atoms with E-state index in [1.807, 2.05) is 48.6 Å². The molecule has 0 saturated carbocycles. The van der Waals surface area contributed by atoms with E-state index in [-0.39, 0.29) is 0 Å².